The Kier molecular flexibility index (Phi) is 6.77. The van der Waals surface area contributed by atoms with Gasteiger partial charge in [0, 0.05) is 13.2 Å². The van der Waals surface area contributed by atoms with Crippen LogP contribution in [-0.4, -0.2) is 43.3 Å². The van der Waals surface area contributed by atoms with Crippen LogP contribution in [0.3, 0.4) is 0 Å². The molecule has 5 rings (SSSR count). The highest BCUT2D eigenvalue weighted by molar-refractivity contribution is 5.99. The highest BCUT2D eigenvalue weighted by Gasteiger charge is 2.44. The molecule has 3 heterocycles. The van der Waals surface area contributed by atoms with Gasteiger partial charge in [0.25, 0.3) is 5.91 Å². The molecule has 1 saturated heterocycles. The lowest BCUT2D eigenvalue weighted by molar-refractivity contribution is 0.0486. The van der Waals surface area contributed by atoms with E-state index in [9.17, 15) is 9.59 Å². The quantitative estimate of drug-likeness (QED) is 0.399. The number of ether oxygens (including phenoxy) is 3. The summed E-state index contributed by atoms with van der Waals surface area (Å²) >= 11 is 0. The molecule has 0 aliphatic carbocycles. The number of rotatable bonds is 9. The first kappa shape index (κ1) is 23.4. The van der Waals surface area contributed by atoms with E-state index in [0.29, 0.717) is 54.4 Å². The predicted octanol–water partition coefficient (Wildman–Crippen LogP) is 5.09. The van der Waals surface area contributed by atoms with Crippen LogP contribution in [0.4, 0.5) is 0 Å². The molecule has 0 bridgehead atoms. The first-order valence-corrected chi connectivity index (χ1v) is 12.5. The monoisotopic (exact) mass is 477 g/mol. The number of carbonyl (C=O) groups is 1. The third-order valence-electron chi connectivity index (χ3n) is 6.64. The Balaban J connectivity index is 1.62. The number of nitrogens with zero attached hydrogens (tertiary/aromatic N) is 1. The normalized spacial score (nSPS) is 19.4. The van der Waals surface area contributed by atoms with Gasteiger partial charge in [-0.2, -0.15) is 0 Å². The van der Waals surface area contributed by atoms with E-state index in [1.54, 1.807) is 29.2 Å². The summed E-state index contributed by atoms with van der Waals surface area (Å²) in [6.45, 7) is 6.18. The molecule has 0 saturated carbocycles. The van der Waals surface area contributed by atoms with E-state index in [4.69, 9.17) is 18.6 Å². The van der Waals surface area contributed by atoms with Gasteiger partial charge in [-0.25, -0.2) is 0 Å². The third kappa shape index (κ3) is 4.41. The lowest BCUT2D eigenvalue weighted by atomic mass is 9.97. The van der Waals surface area contributed by atoms with E-state index in [0.717, 1.165) is 31.2 Å². The second kappa shape index (κ2) is 10.1. The fourth-order valence-corrected chi connectivity index (χ4v) is 4.92. The molecule has 0 N–H and O–H groups in total. The van der Waals surface area contributed by atoms with Crippen molar-refractivity contribution in [2.45, 2.75) is 51.7 Å². The van der Waals surface area contributed by atoms with E-state index >= 15 is 0 Å². The number of unbranched alkanes of at least 4 members (excludes halogenated alkanes) is 1. The molecular formula is C28H31NO6. The summed E-state index contributed by atoms with van der Waals surface area (Å²) in [5, 5.41) is 0.465. The predicted molar refractivity (Wildman–Crippen MR) is 132 cm³/mol. The molecule has 3 aromatic rings. The first-order chi connectivity index (χ1) is 17.1. The van der Waals surface area contributed by atoms with Crippen LogP contribution in [0, 0.1) is 0 Å². The van der Waals surface area contributed by atoms with Crippen LogP contribution in [0.15, 0.2) is 51.7 Å². The molecule has 1 amide bonds. The van der Waals surface area contributed by atoms with Gasteiger partial charge in [-0.05, 0) is 56.0 Å². The lowest BCUT2D eigenvalue weighted by Gasteiger charge is -2.28. The Morgan fingerprint density at radius 1 is 1.06 bits per heavy atom. The minimum atomic E-state index is -0.591. The van der Waals surface area contributed by atoms with Crippen molar-refractivity contribution in [1.29, 1.82) is 0 Å². The van der Waals surface area contributed by atoms with Crippen LogP contribution in [0.5, 0.6) is 11.5 Å². The third-order valence-corrected chi connectivity index (χ3v) is 6.64. The minimum Gasteiger partial charge on any atom is -0.490 e. The van der Waals surface area contributed by atoms with Crippen LogP contribution >= 0.6 is 0 Å². The van der Waals surface area contributed by atoms with Crippen LogP contribution in [0.1, 0.15) is 67.3 Å². The number of benzene rings is 2. The molecule has 2 aliphatic rings. The van der Waals surface area contributed by atoms with E-state index in [1.807, 2.05) is 25.1 Å². The van der Waals surface area contributed by atoms with Crippen molar-refractivity contribution in [3.63, 3.8) is 0 Å². The zero-order chi connectivity index (χ0) is 24.4. The van der Waals surface area contributed by atoms with E-state index in [2.05, 4.69) is 6.92 Å². The number of fused-ring (bicyclic) bond motifs is 2. The second-order valence-corrected chi connectivity index (χ2v) is 9.01. The summed E-state index contributed by atoms with van der Waals surface area (Å²) < 4.78 is 23.7. The molecule has 35 heavy (non-hydrogen) atoms. The van der Waals surface area contributed by atoms with Gasteiger partial charge < -0.3 is 23.5 Å². The number of amides is 1. The molecule has 0 spiro atoms. The zero-order valence-corrected chi connectivity index (χ0v) is 20.2. The SMILES string of the molecule is CCCCOc1ccc([C@@H]2c3c(oc4ccccc4c3=O)C(=O)N2C[C@@H]2CCCO2)cc1OCC. The Morgan fingerprint density at radius 3 is 2.69 bits per heavy atom. The molecule has 1 fully saturated rings. The highest BCUT2D eigenvalue weighted by atomic mass is 16.5. The fourth-order valence-electron chi connectivity index (χ4n) is 4.92. The van der Waals surface area contributed by atoms with Gasteiger partial charge in [0.2, 0.25) is 5.76 Å². The maximum Gasteiger partial charge on any atom is 0.291 e. The van der Waals surface area contributed by atoms with Gasteiger partial charge in [-0.3, -0.25) is 9.59 Å². The Hall–Kier alpha value is -3.32. The van der Waals surface area contributed by atoms with E-state index < -0.39 is 6.04 Å². The molecule has 2 atom stereocenters. The summed E-state index contributed by atoms with van der Waals surface area (Å²) in [6, 6.07) is 12.1. The summed E-state index contributed by atoms with van der Waals surface area (Å²) in [7, 11) is 0. The molecule has 184 valence electrons. The van der Waals surface area contributed by atoms with Crippen LogP contribution in [-0.2, 0) is 4.74 Å². The van der Waals surface area contributed by atoms with Crippen LogP contribution < -0.4 is 14.9 Å². The number of hydrogen-bond donors (Lipinski definition) is 0. The van der Waals surface area contributed by atoms with E-state index in [-0.39, 0.29) is 23.2 Å². The molecule has 7 heteroatoms. The molecule has 2 aromatic carbocycles. The topological polar surface area (TPSA) is 78.2 Å². The van der Waals surface area contributed by atoms with Crippen molar-refractivity contribution in [1.82, 2.24) is 4.90 Å². The molecule has 0 radical (unpaired) electrons. The second-order valence-electron chi connectivity index (χ2n) is 9.01. The van der Waals surface area contributed by atoms with Crippen molar-refractivity contribution in [3.05, 3.63) is 69.6 Å². The summed E-state index contributed by atoms with van der Waals surface area (Å²) in [6.07, 6.45) is 3.75. The molecule has 1 aromatic heterocycles. The van der Waals surface area contributed by atoms with Crippen LogP contribution in [0.2, 0.25) is 0 Å². The summed E-state index contributed by atoms with van der Waals surface area (Å²) in [5.74, 6) is 1.08. The van der Waals surface area contributed by atoms with Gasteiger partial charge in [-0.15, -0.1) is 0 Å². The van der Waals surface area contributed by atoms with Gasteiger partial charge in [0.1, 0.15) is 5.58 Å². The van der Waals surface area contributed by atoms with Crippen molar-refractivity contribution < 1.29 is 23.4 Å². The largest absolute Gasteiger partial charge is 0.490 e. The summed E-state index contributed by atoms with van der Waals surface area (Å²) in [5.41, 5.74) is 1.38. The molecule has 0 unspecified atom stereocenters. The van der Waals surface area contributed by atoms with Gasteiger partial charge in [0.05, 0.1) is 36.3 Å². The first-order valence-electron chi connectivity index (χ1n) is 12.5. The maximum atomic E-state index is 13.7. The van der Waals surface area contributed by atoms with Crippen molar-refractivity contribution >= 4 is 16.9 Å². The van der Waals surface area contributed by atoms with Crippen molar-refractivity contribution in [2.75, 3.05) is 26.4 Å². The Morgan fingerprint density at radius 2 is 1.91 bits per heavy atom. The number of para-hydroxylation sites is 1. The summed E-state index contributed by atoms with van der Waals surface area (Å²) in [4.78, 5) is 29.0. The Labute approximate surface area is 204 Å². The fraction of sp³-hybridized carbons (Fsp3) is 0.429. The molecule has 2 aliphatic heterocycles. The zero-order valence-electron chi connectivity index (χ0n) is 20.2. The Bertz CT molecular complexity index is 1280. The van der Waals surface area contributed by atoms with Crippen molar-refractivity contribution in [3.8, 4) is 11.5 Å². The average molecular weight is 478 g/mol. The standard InChI is InChI=1S/C28H31NO6/c1-3-5-14-34-22-13-12-18(16-23(22)32-4-2)25-24-26(30)20-10-6-7-11-21(20)35-27(24)28(31)29(25)17-19-9-8-15-33-19/h6-7,10-13,16,19,25H,3-5,8-9,14-15,17H2,1-2H3/t19-,25+/m0/s1. The van der Waals surface area contributed by atoms with Gasteiger partial charge in [0.15, 0.2) is 16.9 Å². The average Bonchev–Trinajstić information content (AvgIpc) is 3.48. The van der Waals surface area contributed by atoms with Crippen molar-refractivity contribution in [2.24, 2.45) is 0 Å². The van der Waals surface area contributed by atoms with Gasteiger partial charge >= 0.3 is 0 Å². The van der Waals surface area contributed by atoms with Crippen LogP contribution in [0.25, 0.3) is 11.0 Å². The molecule has 7 nitrogen and oxygen atoms in total. The van der Waals surface area contributed by atoms with E-state index in [1.165, 1.54) is 0 Å². The lowest BCUT2D eigenvalue weighted by Crippen LogP contribution is -2.36. The number of carbonyl (C=O) groups excluding carboxylic acids is 1. The number of hydrogen-bond acceptors (Lipinski definition) is 6. The smallest absolute Gasteiger partial charge is 0.291 e. The minimum absolute atomic E-state index is 0.0664. The molecular weight excluding hydrogens is 446 g/mol. The van der Waals surface area contributed by atoms with Gasteiger partial charge in [-0.1, -0.05) is 31.5 Å². The maximum absolute atomic E-state index is 13.7. The highest BCUT2D eigenvalue weighted by Crippen LogP contribution is 2.41.